The summed E-state index contributed by atoms with van der Waals surface area (Å²) in [4.78, 5) is 4.61. The SMILES string of the molecule is CN1CCN(Cc2cc(CNC3(c4ccccc4F)CCCCC3)ccc2O)c2ccccc21. The van der Waals surface area contributed by atoms with E-state index in [0.717, 1.165) is 55.5 Å². The van der Waals surface area contributed by atoms with Gasteiger partial charge in [0.05, 0.1) is 11.4 Å². The number of anilines is 2. The molecule has 2 aliphatic rings. The van der Waals surface area contributed by atoms with Crippen LogP contribution in [0.2, 0.25) is 0 Å². The molecule has 1 saturated carbocycles. The minimum absolute atomic E-state index is 0.128. The van der Waals surface area contributed by atoms with Gasteiger partial charge >= 0.3 is 0 Å². The summed E-state index contributed by atoms with van der Waals surface area (Å²) in [7, 11) is 2.12. The van der Waals surface area contributed by atoms with Gasteiger partial charge < -0.3 is 20.2 Å². The van der Waals surface area contributed by atoms with Crippen LogP contribution in [-0.2, 0) is 18.6 Å². The second-order valence-electron chi connectivity index (χ2n) is 9.77. The van der Waals surface area contributed by atoms with Crippen LogP contribution < -0.4 is 15.1 Å². The summed E-state index contributed by atoms with van der Waals surface area (Å²) in [6, 6.07) is 21.5. The van der Waals surface area contributed by atoms with Crippen molar-refractivity contribution in [2.24, 2.45) is 0 Å². The predicted molar refractivity (Wildman–Crippen MR) is 137 cm³/mol. The van der Waals surface area contributed by atoms with Gasteiger partial charge in [0, 0.05) is 49.9 Å². The van der Waals surface area contributed by atoms with E-state index in [1.54, 1.807) is 18.2 Å². The molecule has 178 valence electrons. The van der Waals surface area contributed by atoms with Crippen LogP contribution in [0.15, 0.2) is 66.7 Å². The first-order chi connectivity index (χ1) is 16.6. The molecule has 0 spiro atoms. The Hall–Kier alpha value is -3.05. The molecule has 0 atom stereocenters. The van der Waals surface area contributed by atoms with Crippen LogP contribution in [0.3, 0.4) is 0 Å². The summed E-state index contributed by atoms with van der Waals surface area (Å²) >= 11 is 0. The maximum absolute atomic E-state index is 14.8. The summed E-state index contributed by atoms with van der Waals surface area (Å²) in [6.07, 6.45) is 5.29. The number of hydrogen-bond acceptors (Lipinski definition) is 4. The Labute approximate surface area is 202 Å². The Morgan fingerprint density at radius 3 is 2.44 bits per heavy atom. The third-order valence-corrected chi connectivity index (χ3v) is 7.57. The number of benzene rings is 3. The van der Waals surface area contributed by atoms with Crippen LogP contribution in [-0.4, -0.2) is 25.2 Å². The quantitative estimate of drug-likeness (QED) is 0.479. The summed E-state index contributed by atoms with van der Waals surface area (Å²) in [5, 5.41) is 14.4. The number of hydrogen-bond donors (Lipinski definition) is 2. The number of phenolic OH excluding ortho intramolecular Hbond substituents is 1. The lowest BCUT2D eigenvalue weighted by Crippen LogP contribution is -2.44. The molecule has 4 nitrogen and oxygen atoms in total. The lowest BCUT2D eigenvalue weighted by Gasteiger charge is -2.39. The third kappa shape index (κ3) is 4.49. The highest BCUT2D eigenvalue weighted by atomic mass is 19.1. The first-order valence-corrected chi connectivity index (χ1v) is 12.4. The first kappa shape index (κ1) is 22.7. The van der Waals surface area contributed by atoms with Gasteiger partial charge in [0.25, 0.3) is 0 Å². The van der Waals surface area contributed by atoms with Crippen LogP contribution >= 0.6 is 0 Å². The van der Waals surface area contributed by atoms with Gasteiger partial charge in [0.1, 0.15) is 11.6 Å². The molecule has 3 aromatic rings. The van der Waals surface area contributed by atoms with Crippen molar-refractivity contribution < 1.29 is 9.50 Å². The Morgan fingerprint density at radius 2 is 1.65 bits per heavy atom. The van der Waals surface area contributed by atoms with E-state index in [-0.39, 0.29) is 11.4 Å². The molecule has 1 heterocycles. The van der Waals surface area contributed by atoms with Crippen molar-refractivity contribution in [3.63, 3.8) is 0 Å². The summed E-state index contributed by atoms with van der Waals surface area (Å²) < 4.78 is 14.8. The van der Waals surface area contributed by atoms with Gasteiger partial charge in [0.15, 0.2) is 0 Å². The first-order valence-electron chi connectivity index (χ1n) is 12.4. The number of rotatable bonds is 6. The predicted octanol–water partition coefficient (Wildman–Crippen LogP) is 5.94. The monoisotopic (exact) mass is 459 g/mol. The molecular weight excluding hydrogens is 425 g/mol. The van der Waals surface area contributed by atoms with Crippen molar-refractivity contribution in [2.45, 2.75) is 50.7 Å². The van der Waals surface area contributed by atoms with E-state index in [0.29, 0.717) is 18.8 Å². The van der Waals surface area contributed by atoms with Crippen LogP contribution in [0.1, 0.15) is 48.8 Å². The van der Waals surface area contributed by atoms with Gasteiger partial charge in [-0.05, 0) is 48.7 Å². The smallest absolute Gasteiger partial charge is 0.128 e. The summed E-state index contributed by atoms with van der Waals surface area (Å²) in [5.74, 6) is 0.193. The second-order valence-corrected chi connectivity index (χ2v) is 9.77. The van der Waals surface area contributed by atoms with Gasteiger partial charge in [-0.2, -0.15) is 0 Å². The van der Waals surface area contributed by atoms with Crippen molar-refractivity contribution in [3.05, 3.63) is 89.2 Å². The van der Waals surface area contributed by atoms with Crippen LogP contribution in [0.5, 0.6) is 5.75 Å². The average molecular weight is 460 g/mol. The fourth-order valence-electron chi connectivity index (χ4n) is 5.63. The molecule has 5 heteroatoms. The highest BCUT2D eigenvalue weighted by molar-refractivity contribution is 5.73. The number of likely N-dealkylation sites (N-methyl/N-ethyl adjacent to an activating group) is 1. The maximum Gasteiger partial charge on any atom is 0.128 e. The molecule has 0 aromatic heterocycles. The Balaban J connectivity index is 1.36. The van der Waals surface area contributed by atoms with Gasteiger partial charge in [-0.1, -0.05) is 55.7 Å². The minimum atomic E-state index is -0.335. The van der Waals surface area contributed by atoms with E-state index in [2.05, 4.69) is 52.5 Å². The van der Waals surface area contributed by atoms with E-state index in [1.165, 1.54) is 17.8 Å². The van der Waals surface area contributed by atoms with Crippen molar-refractivity contribution in [3.8, 4) is 5.75 Å². The lowest BCUT2D eigenvalue weighted by atomic mass is 9.76. The number of nitrogens with one attached hydrogen (secondary N) is 1. The van der Waals surface area contributed by atoms with Gasteiger partial charge in [-0.15, -0.1) is 0 Å². The number of para-hydroxylation sites is 2. The maximum atomic E-state index is 14.8. The normalized spacial score (nSPS) is 17.5. The number of fused-ring (bicyclic) bond motifs is 1. The molecule has 0 unspecified atom stereocenters. The zero-order chi connectivity index (χ0) is 23.5. The molecule has 0 bridgehead atoms. The molecule has 1 aliphatic heterocycles. The summed E-state index contributed by atoms with van der Waals surface area (Å²) in [6.45, 7) is 3.15. The highest BCUT2D eigenvalue weighted by Crippen LogP contribution is 2.39. The third-order valence-electron chi connectivity index (χ3n) is 7.57. The zero-order valence-corrected chi connectivity index (χ0v) is 19.9. The van der Waals surface area contributed by atoms with E-state index in [9.17, 15) is 9.50 Å². The molecule has 1 fully saturated rings. The van der Waals surface area contributed by atoms with Crippen molar-refractivity contribution in [2.75, 3.05) is 29.9 Å². The molecule has 2 N–H and O–H groups in total. The molecule has 0 saturated heterocycles. The molecular formula is C29H34FN3O. The minimum Gasteiger partial charge on any atom is -0.508 e. The fraction of sp³-hybridized carbons (Fsp3) is 0.379. The van der Waals surface area contributed by atoms with Crippen molar-refractivity contribution >= 4 is 11.4 Å². The number of aromatic hydroxyl groups is 1. The van der Waals surface area contributed by atoms with Crippen LogP contribution in [0.4, 0.5) is 15.8 Å². The zero-order valence-electron chi connectivity index (χ0n) is 19.9. The average Bonchev–Trinajstić information content (AvgIpc) is 2.87. The fourth-order valence-corrected chi connectivity index (χ4v) is 5.63. The summed E-state index contributed by atoms with van der Waals surface area (Å²) in [5.41, 5.74) is 4.88. The number of phenols is 1. The Kier molecular flexibility index (Phi) is 6.46. The molecule has 5 rings (SSSR count). The van der Waals surface area contributed by atoms with E-state index >= 15 is 0 Å². The molecule has 1 aliphatic carbocycles. The number of nitrogens with zero attached hydrogens (tertiary/aromatic N) is 2. The highest BCUT2D eigenvalue weighted by Gasteiger charge is 2.35. The van der Waals surface area contributed by atoms with Crippen LogP contribution in [0.25, 0.3) is 0 Å². The van der Waals surface area contributed by atoms with Crippen molar-refractivity contribution in [1.82, 2.24) is 5.32 Å². The van der Waals surface area contributed by atoms with E-state index < -0.39 is 0 Å². The van der Waals surface area contributed by atoms with Gasteiger partial charge in [-0.3, -0.25) is 0 Å². The molecule has 34 heavy (non-hydrogen) atoms. The number of halogens is 1. The molecule has 0 amide bonds. The van der Waals surface area contributed by atoms with Crippen LogP contribution in [0, 0.1) is 5.82 Å². The lowest BCUT2D eigenvalue weighted by molar-refractivity contribution is 0.224. The molecule has 3 aromatic carbocycles. The topological polar surface area (TPSA) is 38.7 Å². The van der Waals surface area contributed by atoms with E-state index in [1.807, 2.05) is 18.2 Å². The van der Waals surface area contributed by atoms with Crippen molar-refractivity contribution in [1.29, 1.82) is 0 Å². The Morgan fingerprint density at radius 1 is 0.912 bits per heavy atom. The Bertz CT molecular complexity index is 1140. The van der Waals surface area contributed by atoms with Gasteiger partial charge in [-0.25, -0.2) is 4.39 Å². The molecule has 0 radical (unpaired) electrons. The van der Waals surface area contributed by atoms with E-state index in [4.69, 9.17) is 0 Å². The largest absolute Gasteiger partial charge is 0.508 e. The standard InChI is InChI=1S/C29H34FN3O/c1-32-17-18-33(27-12-6-5-11-26(27)32)21-23-19-22(13-14-28(23)34)20-31-29(15-7-2-8-16-29)24-9-3-4-10-25(24)30/h3-6,9-14,19,31,34H,2,7-8,15-18,20-21H2,1H3. The van der Waals surface area contributed by atoms with Gasteiger partial charge in [0.2, 0.25) is 0 Å². The second kappa shape index (κ2) is 9.67.